The summed E-state index contributed by atoms with van der Waals surface area (Å²) in [5.41, 5.74) is 2.39. The van der Waals surface area contributed by atoms with Crippen LogP contribution >= 0.6 is 11.3 Å². The monoisotopic (exact) mass is 401 g/mol. The van der Waals surface area contributed by atoms with Crippen molar-refractivity contribution in [2.24, 2.45) is 0 Å². The first kappa shape index (κ1) is 19.1. The molecule has 2 aliphatic heterocycles. The topological polar surface area (TPSA) is 61.8 Å². The lowest BCUT2D eigenvalue weighted by Crippen LogP contribution is -2.49. The van der Waals surface area contributed by atoms with E-state index in [-0.39, 0.29) is 5.91 Å². The molecule has 0 aliphatic carbocycles. The lowest BCUT2D eigenvalue weighted by molar-refractivity contribution is -0.131. The second-order valence-corrected chi connectivity index (χ2v) is 8.27. The molecule has 4 heterocycles. The van der Waals surface area contributed by atoms with Gasteiger partial charge in [-0.25, -0.2) is 0 Å². The average molecular weight is 402 g/mol. The maximum absolute atomic E-state index is 12.6. The third-order valence-electron chi connectivity index (χ3n) is 5.49. The number of aryl methyl sites for hydroxylation is 2. The van der Waals surface area contributed by atoms with Gasteiger partial charge in [-0.2, -0.15) is 5.10 Å². The first-order valence-electron chi connectivity index (χ1n) is 9.92. The summed E-state index contributed by atoms with van der Waals surface area (Å²) < 4.78 is 5.43. The molecule has 28 heavy (non-hydrogen) atoms. The normalized spacial score (nSPS) is 17.8. The number of carbonyl (C=O) groups excluding carboxylic acids is 1. The molecule has 8 heteroatoms. The van der Waals surface area contributed by atoms with Crippen molar-refractivity contribution in [3.8, 4) is 0 Å². The van der Waals surface area contributed by atoms with Crippen LogP contribution in [0.3, 0.4) is 0 Å². The smallest absolute Gasteiger partial charge is 0.223 e. The van der Waals surface area contributed by atoms with E-state index in [0.717, 1.165) is 70.4 Å². The molecule has 0 atom stereocenters. The fraction of sp³-hybridized carbons (Fsp3) is 0.550. The van der Waals surface area contributed by atoms with Crippen LogP contribution in [0.15, 0.2) is 23.7 Å². The molecule has 4 rings (SSSR count). The van der Waals surface area contributed by atoms with Gasteiger partial charge in [-0.15, -0.1) is 16.4 Å². The maximum Gasteiger partial charge on any atom is 0.223 e. The number of rotatable bonds is 5. The molecule has 2 saturated heterocycles. The van der Waals surface area contributed by atoms with Crippen molar-refractivity contribution in [1.82, 2.24) is 15.1 Å². The predicted octanol–water partition coefficient (Wildman–Crippen LogP) is 1.96. The van der Waals surface area contributed by atoms with Gasteiger partial charge in [0, 0.05) is 56.6 Å². The van der Waals surface area contributed by atoms with Crippen LogP contribution in [0.4, 0.5) is 11.5 Å². The highest BCUT2D eigenvalue weighted by Crippen LogP contribution is 2.22. The van der Waals surface area contributed by atoms with Gasteiger partial charge in [-0.3, -0.25) is 4.79 Å². The Labute approximate surface area is 169 Å². The van der Waals surface area contributed by atoms with Crippen molar-refractivity contribution in [2.45, 2.75) is 19.8 Å². The highest BCUT2D eigenvalue weighted by molar-refractivity contribution is 7.10. The fourth-order valence-corrected chi connectivity index (χ4v) is 4.63. The Hall–Kier alpha value is -2.19. The molecular formula is C20H27N5O2S. The summed E-state index contributed by atoms with van der Waals surface area (Å²) in [6, 6.07) is 4.23. The minimum atomic E-state index is 0.251. The zero-order valence-electron chi connectivity index (χ0n) is 16.3. The summed E-state index contributed by atoms with van der Waals surface area (Å²) in [5, 5.41) is 10.6. The molecule has 1 amide bonds. The molecule has 0 aromatic carbocycles. The van der Waals surface area contributed by atoms with Crippen LogP contribution in [0.2, 0.25) is 0 Å². The van der Waals surface area contributed by atoms with Gasteiger partial charge in [-0.05, 0) is 30.4 Å². The lowest BCUT2D eigenvalue weighted by atomic mass is 10.1. The van der Waals surface area contributed by atoms with Gasteiger partial charge in [-0.1, -0.05) is 0 Å². The van der Waals surface area contributed by atoms with Crippen LogP contribution in [0, 0.1) is 6.92 Å². The minimum Gasteiger partial charge on any atom is -0.378 e. The Morgan fingerprint density at radius 3 is 2.64 bits per heavy atom. The number of thiophene rings is 1. The van der Waals surface area contributed by atoms with Crippen molar-refractivity contribution < 1.29 is 9.53 Å². The number of aromatic nitrogens is 2. The lowest BCUT2D eigenvalue weighted by Gasteiger charge is -2.36. The van der Waals surface area contributed by atoms with E-state index < -0.39 is 0 Å². The fourth-order valence-electron chi connectivity index (χ4n) is 3.72. The van der Waals surface area contributed by atoms with Crippen LogP contribution in [0.25, 0.3) is 0 Å². The number of ether oxygens (including phenoxy) is 1. The van der Waals surface area contributed by atoms with E-state index in [1.54, 1.807) is 11.3 Å². The summed E-state index contributed by atoms with van der Waals surface area (Å²) in [7, 11) is 0. The zero-order chi connectivity index (χ0) is 19.3. The SMILES string of the molecule is Cc1ccsc1CCC(=O)N1CCN(c2cc(N3CCOCC3)cnn2)CC1. The van der Waals surface area contributed by atoms with E-state index in [2.05, 4.69) is 44.4 Å². The average Bonchev–Trinajstić information content (AvgIpc) is 3.17. The van der Waals surface area contributed by atoms with E-state index in [4.69, 9.17) is 4.74 Å². The van der Waals surface area contributed by atoms with Gasteiger partial charge in [0.05, 0.1) is 25.1 Å². The van der Waals surface area contributed by atoms with Crippen LogP contribution in [0.1, 0.15) is 16.9 Å². The van der Waals surface area contributed by atoms with Crippen LogP contribution in [-0.4, -0.2) is 73.5 Å². The highest BCUT2D eigenvalue weighted by atomic mass is 32.1. The van der Waals surface area contributed by atoms with Gasteiger partial charge in [0.1, 0.15) is 0 Å². The van der Waals surface area contributed by atoms with E-state index in [9.17, 15) is 4.79 Å². The molecule has 2 aromatic heterocycles. The molecule has 0 spiro atoms. The number of amides is 1. The van der Waals surface area contributed by atoms with Crippen molar-refractivity contribution in [3.63, 3.8) is 0 Å². The molecule has 0 saturated carbocycles. The Kier molecular flexibility index (Phi) is 6.07. The van der Waals surface area contributed by atoms with Crippen LogP contribution < -0.4 is 9.80 Å². The molecule has 0 radical (unpaired) electrons. The quantitative estimate of drug-likeness (QED) is 0.763. The summed E-state index contributed by atoms with van der Waals surface area (Å²) in [5.74, 6) is 1.14. The van der Waals surface area contributed by atoms with Crippen LogP contribution in [0.5, 0.6) is 0 Å². The third-order valence-corrected chi connectivity index (χ3v) is 6.58. The molecule has 0 unspecified atom stereocenters. The maximum atomic E-state index is 12.6. The number of morpholine rings is 1. The van der Waals surface area contributed by atoms with E-state index in [0.29, 0.717) is 6.42 Å². The number of hydrogen-bond acceptors (Lipinski definition) is 7. The second-order valence-electron chi connectivity index (χ2n) is 7.27. The van der Waals surface area contributed by atoms with E-state index in [1.807, 2.05) is 11.1 Å². The number of nitrogens with zero attached hydrogens (tertiary/aromatic N) is 5. The Balaban J connectivity index is 1.30. The molecule has 2 fully saturated rings. The largest absolute Gasteiger partial charge is 0.378 e. The number of piperazine rings is 1. The van der Waals surface area contributed by atoms with Gasteiger partial charge in [0.15, 0.2) is 5.82 Å². The molecule has 0 bridgehead atoms. The first-order chi connectivity index (χ1) is 13.7. The van der Waals surface area contributed by atoms with Crippen molar-refractivity contribution in [3.05, 3.63) is 34.2 Å². The van der Waals surface area contributed by atoms with Crippen LogP contribution in [-0.2, 0) is 16.0 Å². The predicted molar refractivity (Wildman–Crippen MR) is 111 cm³/mol. The Morgan fingerprint density at radius 2 is 1.93 bits per heavy atom. The number of carbonyl (C=O) groups is 1. The second kappa shape index (κ2) is 8.87. The summed E-state index contributed by atoms with van der Waals surface area (Å²) >= 11 is 1.74. The number of anilines is 2. The number of hydrogen-bond donors (Lipinski definition) is 0. The minimum absolute atomic E-state index is 0.251. The molecule has 150 valence electrons. The third kappa shape index (κ3) is 4.44. The molecule has 0 N–H and O–H groups in total. The Morgan fingerprint density at radius 1 is 1.14 bits per heavy atom. The van der Waals surface area contributed by atoms with Crippen molar-refractivity contribution >= 4 is 28.7 Å². The summed E-state index contributed by atoms with van der Waals surface area (Å²) in [6.45, 7) is 8.47. The molecule has 7 nitrogen and oxygen atoms in total. The van der Waals surface area contributed by atoms with E-state index in [1.165, 1.54) is 10.4 Å². The Bertz CT molecular complexity index is 797. The molecular weight excluding hydrogens is 374 g/mol. The molecule has 2 aromatic rings. The van der Waals surface area contributed by atoms with E-state index >= 15 is 0 Å². The standard InChI is InChI=1S/C20H27N5O2S/c1-16-4-13-28-18(16)2-3-20(26)25-7-5-24(6-8-25)19-14-17(15-21-22-19)23-9-11-27-12-10-23/h4,13-15H,2-3,5-12H2,1H3. The van der Waals surface area contributed by atoms with Crippen molar-refractivity contribution in [2.75, 3.05) is 62.3 Å². The van der Waals surface area contributed by atoms with Gasteiger partial charge in [0.2, 0.25) is 5.91 Å². The summed E-state index contributed by atoms with van der Waals surface area (Å²) in [6.07, 6.45) is 3.25. The van der Waals surface area contributed by atoms with Gasteiger partial charge >= 0.3 is 0 Å². The molecule has 2 aliphatic rings. The summed E-state index contributed by atoms with van der Waals surface area (Å²) in [4.78, 5) is 20.4. The zero-order valence-corrected chi connectivity index (χ0v) is 17.2. The van der Waals surface area contributed by atoms with Crippen molar-refractivity contribution in [1.29, 1.82) is 0 Å². The highest BCUT2D eigenvalue weighted by Gasteiger charge is 2.23. The van der Waals surface area contributed by atoms with Gasteiger partial charge < -0.3 is 19.4 Å². The van der Waals surface area contributed by atoms with Gasteiger partial charge in [0.25, 0.3) is 0 Å². The first-order valence-corrected chi connectivity index (χ1v) is 10.8.